The van der Waals surface area contributed by atoms with Gasteiger partial charge in [-0.05, 0) is 12.1 Å². The Morgan fingerprint density at radius 3 is 2.63 bits per heavy atom. The van der Waals surface area contributed by atoms with Gasteiger partial charge in [-0.25, -0.2) is 8.78 Å². The molecule has 1 amide bonds. The second-order valence-electron chi connectivity index (χ2n) is 3.59. The van der Waals surface area contributed by atoms with Gasteiger partial charge in [0.25, 0.3) is 5.91 Å². The van der Waals surface area contributed by atoms with Gasteiger partial charge in [0.05, 0.1) is 0 Å². The fourth-order valence-corrected chi connectivity index (χ4v) is 1.84. The van der Waals surface area contributed by atoms with E-state index in [4.69, 9.17) is 4.52 Å². The van der Waals surface area contributed by atoms with Gasteiger partial charge >= 0.3 is 0 Å². The number of carbonyl (C=O) groups excluding carboxylic acids is 1. The van der Waals surface area contributed by atoms with Crippen LogP contribution in [0.2, 0.25) is 0 Å². The van der Waals surface area contributed by atoms with Crippen LogP contribution < -0.4 is 5.32 Å². The minimum absolute atomic E-state index is 0.135. The first kappa shape index (κ1) is 13.6. The Kier molecular flexibility index (Phi) is 4.20. The molecule has 19 heavy (non-hydrogen) atoms. The molecular formula is C11H8BrF2N3O2. The largest absolute Gasteiger partial charge is 0.351 e. The summed E-state index contributed by atoms with van der Waals surface area (Å²) in [4.78, 5) is 15.4. The lowest BCUT2D eigenvalue weighted by Crippen LogP contribution is -2.27. The predicted octanol–water partition coefficient (Wildman–Crippen LogP) is 2.08. The zero-order chi connectivity index (χ0) is 13.8. The maximum Gasteiger partial charge on any atom is 0.257 e. The third-order valence-electron chi connectivity index (χ3n) is 2.27. The lowest BCUT2D eigenvalue weighted by Gasteiger charge is -2.06. The van der Waals surface area contributed by atoms with Crippen LogP contribution in [0.5, 0.6) is 0 Å². The second-order valence-corrected chi connectivity index (χ2v) is 4.50. The maximum absolute atomic E-state index is 13.5. The number of carbonyl (C=O) groups is 1. The molecule has 0 saturated heterocycles. The molecule has 0 saturated carbocycles. The summed E-state index contributed by atoms with van der Waals surface area (Å²) in [6.07, 6.45) is 1.51. The lowest BCUT2D eigenvalue weighted by atomic mass is 10.2. The quantitative estimate of drug-likeness (QED) is 0.931. The number of halogens is 3. The number of aromatic nitrogens is 2. The molecule has 0 radical (unpaired) electrons. The molecule has 0 fully saturated rings. The highest BCUT2D eigenvalue weighted by Crippen LogP contribution is 2.19. The topological polar surface area (TPSA) is 68.0 Å². The maximum atomic E-state index is 13.5. The number of nitrogens with one attached hydrogen (secondary N) is 1. The van der Waals surface area contributed by atoms with Gasteiger partial charge in [0, 0.05) is 17.4 Å². The van der Waals surface area contributed by atoms with Gasteiger partial charge in [-0.1, -0.05) is 21.1 Å². The fraction of sp³-hybridized carbons (Fsp3) is 0.182. The van der Waals surface area contributed by atoms with E-state index < -0.39 is 23.1 Å². The molecule has 1 N–H and O–H groups in total. The summed E-state index contributed by atoms with van der Waals surface area (Å²) in [6.45, 7) is 0.135. The molecule has 0 aliphatic rings. The van der Waals surface area contributed by atoms with E-state index in [9.17, 15) is 13.6 Å². The number of amides is 1. The summed E-state index contributed by atoms with van der Waals surface area (Å²) in [7, 11) is 0. The summed E-state index contributed by atoms with van der Waals surface area (Å²) in [5.41, 5.74) is -0.617. The van der Waals surface area contributed by atoms with E-state index >= 15 is 0 Å². The van der Waals surface area contributed by atoms with E-state index in [1.54, 1.807) is 0 Å². The van der Waals surface area contributed by atoms with Crippen LogP contribution in [0.4, 0.5) is 8.78 Å². The van der Waals surface area contributed by atoms with E-state index in [1.807, 2.05) is 0 Å². The zero-order valence-electron chi connectivity index (χ0n) is 9.49. The SMILES string of the molecule is O=C(NCCc1ncno1)c1c(F)cc(Br)cc1F. The van der Waals surface area contributed by atoms with Gasteiger partial charge < -0.3 is 9.84 Å². The predicted molar refractivity (Wildman–Crippen MR) is 64.4 cm³/mol. The number of hydrogen-bond donors (Lipinski definition) is 1. The van der Waals surface area contributed by atoms with Gasteiger partial charge in [-0.3, -0.25) is 4.79 Å². The molecule has 1 aromatic carbocycles. The van der Waals surface area contributed by atoms with Crippen molar-refractivity contribution in [2.24, 2.45) is 0 Å². The average molecular weight is 332 g/mol. The molecule has 0 unspecified atom stereocenters. The molecule has 1 aromatic heterocycles. The molecule has 0 spiro atoms. The summed E-state index contributed by atoms with van der Waals surface area (Å²) >= 11 is 2.94. The minimum Gasteiger partial charge on any atom is -0.351 e. The lowest BCUT2D eigenvalue weighted by molar-refractivity contribution is 0.0945. The Morgan fingerprint density at radius 2 is 2.05 bits per heavy atom. The number of nitrogens with zero attached hydrogens (tertiary/aromatic N) is 2. The molecule has 0 atom stereocenters. The Morgan fingerprint density at radius 1 is 1.37 bits per heavy atom. The van der Waals surface area contributed by atoms with Crippen LogP contribution in [0.3, 0.4) is 0 Å². The van der Waals surface area contributed by atoms with Crippen LogP contribution in [0.15, 0.2) is 27.5 Å². The van der Waals surface area contributed by atoms with Crippen molar-refractivity contribution in [3.05, 3.63) is 46.0 Å². The Bertz CT molecular complexity index is 567. The van der Waals surface area contributed by atoms with Crippen LogP contribution in [0.1, 0.15) is 16.2 Å². The molecule has 8 heteroatoms. The normalized spacial score (nSPS) is 10.5. The van der Waals surface area contributed by atoms with Crippen molar-refractivity contribution in [3.8, 4) is 0 Å². The second kappa shape index (κ2) is 5.87. The summed E-state index contributed by atoms with van der Waals surface area (Å²) in [6, 6.07) is 2.05. The highest BCUT2D eigenvalue weighted by atomic mass is 79.9. The van der Waals surface area contributed by atoms with Crippen LogP contribution in [0, 0.1) is 11.6 Å². The van der Waals surface area contributed by atoms with E-state index in [0.717, 1.165) is 12.1 Å². The number of benzene rings is 1. The van der Waals surface area contributed by atoms with Gasteiger partial charge in [0.15, 0.2) is 6.33 Å². The van der Waals surface area contributed by atoms with Crippen LogP contribution in [-0.2, 0) is 6.42 Å². The Labute approximate surface area is 115 Å². The molecule has 1 heterocycles. The molecular weight excluding hydrogens is 324 g/mol. The first-order valence-corrected chi connectivity index (χ1v) is 6.05. The highest BCUT2D eigenvalue weighted by Gasteiger charge is 2.18. The van der Waals surface area contributed by atoms with E-state index in [2.05, 4.69) is 31.4 Å². The van der Waals surface area contributed by atoms with Crippen molar-refractivity contribution in [1.82, 2.24) is 15.5 Å². The Balaban J connectivity index is 2.00. The number of rotatable bonds is 4. The van der Waals surface area contributed by atoms with Crippen LogP contribution in [0.25, 0.3) is 0 Å². The monoisotopic (exact) mass is 331 g/mol. The Hall–Kier alpha value is -1.83. The minimum atomic E-state index is -0.929. The van der Waals surface area contributed by atoms with Gasteiger partial charge in [-0.15, -0.1) is 0 Å². The molecule has 0 aliphatic carbocycles. The zero-order valence-corrected chi connectivity index (χ0v) is 11.1. The van der Waals surface area contributed by atoms with Gasteiger partial charge in [0.2, 0.25) is 5.89 Å². The average Bonchev–Trinajstić information content (AvgIpc) is 2.80. The van der Waals surface area contributed by atoms with Crippen molar-refractivity contribution in [2.75, 3.05) is 6.54 Å². The highest BCUT2D eigenvalue weighted by molar-refractivity contribution is 9.10. The molecule has 0 aliphatic heterocycles. The number of hydrogen-bond acceptors (Lipinski definition) is 4. The van der Waals surface area contributed by atoms with Crippen molar-refractivity contribution in [2.45, 2.75) is 6.42 Å². The van der Waals surface area contributed by atoms with Gasteiger partial charge in [-0.2, -0.15) is 4.98 Å². The van der Waals surface area contributed by atoms with E-state index in [-0.39, 0.29) is 17.4 Å². The molecule has 2 rings (SSSR count). The van der Waals surface area contributed by atoms with E-state index in [0.29, 0.717) is 5.89 Å². The third kappa shape index (κ3) is 3.34. The van der Waals surface area contributed by atoms with Crippen LogP contribution >= 0.6 is 15.9 Å². The summed E-state index contributed by atoms with van der Waals surface area (Å²) in [5, 5.41) is 5.77. The molecule has 5 nitrogen and oxygen atoms in total. The van der Waals surface area contributed by atoms with Crippen molar-refractivity contribution in [1.29, 1.82) is 0 Å². The van der Waals surface area contributed by atoms with Crippen molar-refractivity contribution < 1.29 is 18.1 Å². The third-order valence-corrected chi connectivity index (χ3v) is 2.72. The van der Waals surface area contributed by atoms with Gasteiger partial charge in [0.1, 0.15) is 17.2 Å². The molecule has 0 bridgehead atoms. The molecule has 2 aromatic rings. The van der Waals surface area contributed by atoms with E-state index in [1.165, 1.54) is 6.33 Å². The molecule has 100 valence electrons. The first-order valence-electron chi connectivity index (χ1n) is 5.26. The smallest absolute Gasteiger partial charge is 0.257 e. The van der Waals surface area contributed by atoms with Crippen molar-refractivity contribution in [3.63, 3.8) is 0 Å². The standard InChI is InChI=1S/C11H8BrF2N3O2/c12-6-3-7(13)10(8(14)4-6)11(18)15-2-1-9-16-5-17-19-9/h3-5H,1-2H2,(H,15,18). The van der Waals surface area contributed by atoms with Crippen LogP contribution in [-0.4, -0.2) is 22.6 Å². The fourth-order valence-electron chi connectivity index (χ4n) is 1.44. The van der Waals surface area contributed by atoms with Crippen molar-refractivity contribution >= 4 is 21.8 Å². The first-order chi connectivity index (χ1) is 9.08. The summed E-state index contributed by atoms with van der Waals surface area (Å²) in [5.74, 6) is -2.36. The summed E-state index contributed by atoms with van der Waals surface area (Å²) < 4.78 is 31.9.